The molecule has 8 N–H and O–H groups in total. The van der Waals surface area contributed by atoms with Crippen LogP contribution in [0, 0.1) is 0 Å². The molecule has 0 radical (unpaired) electrons. The fourth-order valence-corrected chi connectivity index (χ4v) is 0. The molecule has 0 aliphatic heterocycles. The lowest BCUT2D eigenvalue weighted by atomic mass is 11.3. The predicted molar refractivity (Wildman–Crippen MR) is 31.4 cm³/mol. The van der Waals surface area contributed by atoms with E-state index in [0.29, 0.717) is 0 Å². The molecule has 0 saturated heterocycles. The summed E-state index contributed by atoms with van der Waals surface area (Å²) in [6.07, 6.45) is 0. The van der Waals surface area contributed by atoms with E-state index in [4.69, 9.17) is 0 Å². The second-order valence-electron chi connectivity index (χ2n) is 0. The zero-order valence-electron chi connectivity index (χ0n) is 4.41. The highest BCUT2D eigenvalue weighted by molar-refractivity contribution is 4.22. The summed E-state index contributed by atoms with van der Waals surface area (Å²) in [6.45, 7) is 6.00. The molecule has 0 aliphatic carbocycles. The van der Waals surface area contributed by atoms with Crippen molar-refractivity contribution in [2.75, 3.05) is 7.05 Å². The highest BCUT2D eigenvalue weighted by Crippen LogP contribution is 0.862. The van der Waals surface area contributed by atoms with Crippen molar-refractivity contribution in [3.8, 4) is 0 Å². The van der Waals surface area contributed by atoms with Gasteiger partial charge in [0.05, 0.1) is 0 Å². The largest absolute Gasteiger partial charge is 0.344 e. The first-order valence-corrected chi connectivity index (χ1v) is 1.08. The monoisotopic (exact) mass is 93.1 g/mol. The summed E-state index contributed by atoms with van der Waals surface area (Å²) in [5.74, 6) is 0. The van der Waals surface area contributed by atoms with Crippen LogP contribution in [0.3, 0.4) is 0 Å². The van der Waals surface area contributed by atoms with Crippen LogP contribution in [0.2, 0.25) is 0 Å². The second kappa shape index (κ2) is 419. The first kappa shape index (κ1) is 45.7. The number of hydrogen-bond acceptors (Lipinski definition) is 3. The minimum Gasteiger partial charge on any atom is -0.344 e. The summed E-state index contributed by atoms with van der Waals surface area (Å²) in [4.78, 5) is 0. The molecule has 0 aliphatic rings. The third-order valence-corrected chi connectivity index (χ3v) is 0. The molecule has 6 heavy (non-hydrogen) atoms. The molecule has 0 aromatic rings. The van der Waals surface area contributed by atoms with E-state index in [-0.39, 0.29) is 12.3 Å². The Labute approximate surface area is 39.4 Å². The first-order chi connectivity index (χ1) is 2.00. The van der Waals surface area contributed by atoms with Gasteiger partial charge in [0.15, 0.2) is 0 Å². The highest BCUT2D eigenvalue weighted by atomic mass is 14.4. The fourth-order valence-electron chi connectivity index (χ4n) is 0. The van der Waals surface area contributed by atoms with Gasteiger partial charge >= 0.3 is 0 Å². The zero-order valence-corrected chi connectivity index (χ0v) is 4.41. The SMILES string of the molecule is C=C.CN.N.N. The van der Waals surface area contributed by atoms with Crippen LogP contribution >= 0.6 is 0 Å². The summed E-state index contributed by atoms with van der Waals surface area (Å²) >= 11 is 0. The first-order valence-electron chi connectivity index (χ1n) is 1.08. The van der Waals surface area contributed by atoms with Crippen LogP contribution in [-0.2, 0) is 0 Å². The maximum Gasteiger partial charge on any atom is -0.0195 e. The number of hydrogen-bond donors (Lipinski definition) is 3. The van der Waals surface area contributed by atoms with Crippen molar-refractivity contribution in [1.82, 2.24) is 12.3 Å². The number of nitrogens with two attached hydrogens (primary N) is 1. The minimum atomic E-state index is 0. The summed E-state index contributed by atoms with van der Waals surface area (Å²) < 4.78 is 0. The molecular weight excluding hydrogens is 78.1 g/mol. The van der Waals surface area contributed by atoms with Gasteiger partial charge in [-0.15, -0.1) is 13.2 Å². The minimum absolute atomic E-state index is 0. The average molecular weight is 93.2 g/mol. The average Bonchev–Trinajstić information content (AvgIpc) is 1.50. The summed E-state index contributed by atoms with van der Waals surface area (Å²) in [7, 11) is 1.50. The van der Waals surface area contributed by atoms with Crippen LogP contribution in [0.15, 0.2) is 13.2 Å². The van der Waals surface area contributed by atoms with Crippen molar-refractivity contribution < 1.29 is 0 Å². The van der Waals surface area contributed by atoms with E-state index in [1.165, 1.54) is 7.05 Å². The van der Waals surface area contributed by atoms with Gasteiger partial charge < -0.3 is 18.0 Å². The van der Waals surface area contributed by atoms with Crippen LogP contribution in [0.4, 0.5) is 0 Å². The quantitative estimate of drug-likeness (QED) is 0.384. The molecule has 42 valence electrons. The zero-order chi connectivity index (χ0) is 4.00. The lowest BCUT2D eigenvalue weighted by Crippen LogP contribution is -1.69. The number of rotatable bonds is 0. The molecule has 0 saturated carbocycles. The van der Waals surface area contributed by atoms with Crippen molar-refractivity contribution in [2.24, 2.45) is 5.73 Å². The maximum absolute atomic E-state index is 4.50. The molecule has 0 aromatic heterocycles. The van der Waals surface area contributed by atoms with E-state index >= 15 is 0 Å². The molecule has 0 heterocycles. The molecule has 3 nitrogen and oxygen atoms in total. The Balaban J connectivity index is -0.00000000500. The lowest BCUT2D eigenvalue weighted by Gasteiger charge is -1.19. The molecule has 0 amide bonds. The standard InChI is InChI=1S/C2H4.CH5N.2H3N/c2*1-2;;/h1-2H2;2H2,1H3;2*1H3. The van der Waals surface area contributed by atoms with Crippen molar-refractivity contribution in [2.45, 2.75) is 0 Å². The third-order valence-electron chi connectivity index (χ3n) is 0. The van der Waals surface area contributed by atoms with Gasteiger partial charge in [-0.1, -0.05) is 0 Å². The van der Waals surface area contributed by atoms with Crippen LogP contribution < -0.4 is 18.0 Å². The van der Waals surface area contributed by atoms with Gasteiger partial charge in [0, 0.05) is 0 Å². The predicted octanol–water partition coefficient (Wildman–Crippen LogP) is 0.701. The second-order valence-corrected chi connectivity index (χ2v) is 0. The van der Waals surface area contributed by atoms with E-state index in [0.717, 1.165) is 0 Å². The van der Waals surface area contributed by atoms with E-state index < -0.39 is 0 Å². The van der Waals surface area contributed by atoms with E-state index in [2.05, 4.69) is 18.9 Å². The topological polar surface area (TPSA) is 96.0 Å². The van der Waals surface area contributed by atoms with Gasteiger partial charge in [0.2, 0.25) is 0 Å². The Bertz CT molecular complexity index is 6.00. The van der Waals surface area contributed by atoms with E-state index in [9.17, 15) is 0 Å². The molecule has 0 aromatic carbocycles. The van der Waals surface area contributed by atoms with Crippen molar-refractivity contribution in [3.63, 3.8) is 0 Å². The third kappa shape index (κ3) is 172. The van der Waals surface area contributed by atoms with E-state index in [1.807, 2.05) is 0 Å². The van der Waals surface area contributed by atoms with Gasteiger partial charge in [-0.2, -0.15) is 0 Å². The van der Waals surface area contributed by atoms with E-state index in [1.54, 1.807) is 0 Å². The molecule has 0 spiro atoms. The molecule has 0 bridgehead atoms. The molecular formula is C3H15N3. The Hall–Kier alpha value is -0.380. The fraction of sp³-hybridized carbons (Fsp3) is 0.333. The Morgan fingerprint density at radius 1 is 1.00 bits per heavy atom. The van der Waals surface area contributed by atoms with Gasteiger partial charge in [-0.3, -0.25) is 0 Å². The van der Waals surface area contributed by atoms with Gasteiger partial charge in [-0.25, -0.2) is 0 Å². The maximum atomic E-state index is 4.50. The van der Waals surface area contributed by atoms with Crippen molar-refractivity contribution >= 4 is 0 Å². The Kier molecular flexibility index (Phi) is 3190. The molecule has 3 heteroatoms. The summed E-state index contributed by atoms with van der Waals surface area (Å²) in [5, 5.41) is 0. The Morgan fingerprint density at radius 2 is 1.00 bits per heavy atom. The van der Waals surface area contributed by atoms with Crippen LogP contribution in [0.1, 0.15) is 0 Å². The molecule has 0 atom stereocenters. The van der Waals surface area contributed by atoms with Crippen LogP contribution in [-0.4, -0.2) is 7.05 Å². The van der Waals surface area contributed by atoms with Gasteiger partial charge in [0.1, 0.15) is 0 Å². The summed E-state index contributed by atoms with van der Waals surface area (Å²) in [6, 6.07) is 0. The Morgan fingerprint density at radius 3 is 1.00 bits per heavy atom. The van der Waals surface area contributed by atoms with Crippen molar-refractivity contribution in [1.29, 1.82) is 0 Å². The highest BCUT2D eigenvalue weighted by Gasteiger charge is 0.836. The van der Waals surface area contributed by atoms with Gasteiger partial charge in [0.25, 0.3) is 0 Å². The molecule has 0 unspecified atom stereocenters. The van der Waals surface area contributed by atoms with Gasteiger partial charge in [-0.05, 0) is 7.05 Å². The normalized spacial score (nSPS) is 1.67. The lowest BCUT2D eigenvalue weighted by molar-refractivity contribution is 1.48. The molecule has 0 rings (SSSR count). The van der Waals surface area contributed by atoms with Crippen LogP contribution in [0.25, 0.3) is 0 Å². The van der Waals surface area contributed by atoms with Crippen molar-refractivity contribution in [3.05, 3.63) is 13.2 Å². The summed E-state index contributed by atoms with van der Waals surface area (Å²) in [5.41, 5.74) is 4.50. The molecule has 0 fully saturated rings. The smallest absolute Gasteiger partial charge is 0.0195 e. The van der Waals surface area contributed by atoms with Crippen LogP contribution in [0.5, 0.6) is 0 Å².